The zero-order chi connectivity index (χ0) is 18.1. The highest BCUT2D eigenvalue weighted by molar-refractivity contribution is 5.96. The van der Waals surface area contributed by atoms with Gasteiger partial charge in [-0.2, -0.15) is 5.10 Å². The van der Waals surface area contributed by atoms with E-state index in [9.17, 15) is 9.59 Å². The van der Waals surface area contributed by atoms with E-state index in [0.717, 1.165) is 5.76 Å². The summed E-state index contributed by atoms with van der Waals surface area (Å²) in [4.78, 5) is 28.8. The number of hydrogen-bond donors (Lipinski definition) is 0. The second-order valence-electron chi connectivity index (χ2n) is 6.71. The molecule has 0 spiro atoms. The Morgan fingerprint density at radius 3 is 2.16 bits per heavy atom. The molecule has 0 aromatic carbocycles. The summed E-state index contributed by atoms with van der Waals surface area (Å²) in [6.45, 7) is 9.75. The van der Waals surface area contributed by atoms with Gasteiger partial charge in [0, 0.05) is 38.4 Å². The van der Waals surface area contributed by atoms with Crippen LogP contribution in [-0.2, 0) is 0 Å². The lowest BCUT2D eigenvalue weighted by atomic mass is 10.2. The van der Waals surface area contributed by atoms with Crippen LogP contribution in [0.5, 0.6) is 0 Å². The van der Waals surface area contributed by atoms with E-state index in [1.165, 1.54) is 0 Å². The first kappa shape index (κ1) is 17.3. The van der Waals surface area contributed by atoms with Crippen molar-refractivity contribution in [3.63, 3.8) is 0 Å². The Bertz CT molecular complexity index is 782. The van der Waals surface area contributed by atoms with Crippen LogP contribution in [0.15, 0.2) is 22.9 Å². The Morgan fingerprint density at radius 2 is 1.68 bits per heavy atom. The number of furan rings is 1. The van der Waals surface area contributed by atoms with Gasteiger partial charge in [-0.1, -0.05) is 0 Å². The molecule has 3 rings (SSSR count). The lowest BCUT2D eigenvalue weighted by Gasteiger charge is -2.34. The fraction of sp³-hybridized carbons (Fsp3) is 0.500. The Hall–Kier alpha value is -2.57. The monoisotopic (exact) mass is 344 g/mol. The highest BCUT2D eigenvalue weighted by atomic mass is 16.3. The molecule has 2 aromatic rings. The van der Waals surface area contributed by atoms with Gasteiger partial charge in [-0.05, 0) is 33.8 Å². The SMILES string of the molecule is Cc1cc(C(=O)N2CCN(C(=O)c3cnn(C(C)C)c3)CC2)c(C)o1. The average Bonchev–Trinajstić information content (AvgIpc) is 3.20. The van der Waals surface area contributed by atoms with Crippen LogP contribution in [0.25, 0.3) is 0 Å². The van der Waals surface area contributed by atoms with Gasteiger partial charge in [-0.25, -0.2) is 0 Å². The molecule has 0 atom stereocenters. The van der Waals surface area contributed by atoms with E-state index in [0.29, 0.717) is 43.1 Å². The lowest BCUT2D eigenvalue weighted by molar-refractivity contribution is 0.0534. The van der Waals surface area contributed by atoms with Gasteiger partial charge < -0.3 is 14.2 Å². The maximum atomic E-state index is 12.6. The molecule has 3 heterocycles. The van der Waals surface area contributed by atoms with Gasteiger partial charge in [0.1, 0.15) is 11.5 Å². The first-order valence-electron chi connectivity index (χ1n) is 8.56. The molecular formula is C18H24N4O3. The molecule has 1 aliphatic heterocycles. The van der Waals surface area contributed by atoms with Gasteiger partial charge in [0.15, 0.2) is 0 Å². The fourth-order valence-corrected chi connectivity index (χ4v) is 3.04. The largest absolute Gasteiger partial charge is 0.466 e. The van der Waals surface area contributed by atoms with E-state index in [4.69, 9.17) is 4.42 Å². The molecule has 0 aliphatic carbocycles. The van der Waals surface area contributed by atoms with Crippen LogP contribution in [0.4, 0.5) is 0 Å². The number of rotatable bonds is 3. The lowest BCUT2D eigenvalue weighted by Crippen LogP contribution is -2.50. The second-order valence-corrected chi connectivity index (χ2v) is 6.71. The topological polar surface area (TPSA) is 71.6 Å². The summed E-state index contributed by atoms with van der Waals surface area (Å²) in [6.07, 6.45) is 3.39. The van der Waals surface area contributed by atoms with Gasteiger partial charge in [-0.3, -0.25) is 14.3 Å². The van der Waals surface area contributed by atoms with E-state index in [-0.39, 0.29) is 17.9 Å². The van der Waals surface area contributed by atoms with Gasteiger partial charge in [-0.15, -0.1) is 0 Å². The highest BCUT2D eigenvalue weighted by Crippen LogP contribution is 2.18. The first-order valence-corrected chi connectivity index (χ1v) is 8.56. The van der Waals surface area contributed by atoms with Crippen molar-refractivity contribution in [2.45, 2.75) is 33.7 Å². The Kier molecular flexibility index (Phi) is 4.65. The number of amides is 2. The highest BCUT2D eigenvalue weighted by Gasteiger charge is 2.27. The van der Waals surface area contributed by atoms with Crippen LogP contribution in [0, 0.1) is 13.8 Å². The molecule has 0 N–H and O–H groups in total. The maximum absolute atomic E-state index is 12.6. The first-order chi connectivity index (χ1) is 11.9. The predicted octanol–water partition coefficient (Wildman–Crippen LogP) is 2.27. The number of aromatic nitrogens is 2. The minimum atomic E-state index is -0.0333. The van der Waals surface area contributed by atoms with E-state index in [1.807, 2.05) is 20.8 Å². The molecule has 7 nitrogen and oxygen atoms in total. The second kappa shape index (κ2) is 6.74. The Balaban J connectivity index is 1.62. The van der Waals surface area contributed by atoms with Gasteiger partial charge in [0.05, 0.1) is 17.3 Å². The minimum Gasteiger partial charge on any atom is -0.466 e. The maximum Gasteiger partial charge on any atom is 0.257 e. The normalized spacial score (nSPS) is 15.1. The van der Waals surface area contributed by atoms with Crippen molar-refractivity contribution in [1.82, 2.24) is 19.6 Å². The summed E-state index contributed by atoms with van der Waals surface area (Å²) in [6, 6.07) is 1.99. The van der Waals surface area contributed by atoms with Crippen molar-refractivity contribution in [2.24, 2.45) is 0 Å². The molecule has 25 heavy (non-hydrogen) atoms. The molecule has 0 radical (unpaired) electrons. The summed E-state index contributed by atoms with van der Waals surface area (Å²) in [5, 5.41) is 4.22. The molecule has 1 saturated heterocycles. The van der Waals surface area contributed by atoms with Crippen LogP contribution < -0.4 is 0 Å². The van der Waals surface area contributed by atoms with E-state index < -0.39 is 0 Å². The summed E-state index contributed by atoms with van der Waals surface area (Å²) in [7, 11) is 0. The zero-order valence-corrected chi connectivity index (χ0v) is 15.2. The number of carbonyl (C=O) groups is 2. The molecule has 7 heteroatoms. The number of nitrogens with zero attached hydrogens (tertiary/aromatic N) is 4. The van der Waals surface area contributed by atoms with E-state index >= 15 is 0 Å². The van der Waals surface area contributed by atoms with Crippen molar-refractivity contribution in [3.05, 3.63) is 41.1 Å². The Morgan fingerprint density at radius 1 is 1.08 bits per heavy atom. The smallest absolute Gasteiger partial charge is 0.257 e. The number of hydrogen-bond acceptors (Lipinski definition) is 4. The molecule has 0 bridgehead atoms. The molecule has 2 aromatic heterocycles. The molecule has 1 fully saturated rings. The van der Waals surface area contributed by atoms with Gasteiger partial charge in [0.25, 0.3) is 11.8 Å². The molecule has 2 amide bonds. The molecule has 0 unspecified atom stereocenters. The van der Waals surface area contributed by atoms with Crippen molar-refractivity contribution in [2.75, 3.05) is 26.2 Å². The Labute approximate surface area is 147 Å². The average molecular weight is 344 g/mol. The predicted molar refractivity (Wildman–Crippen MR) is 92.6 cm³/mol. The standard InChI is InChI=1S/C18H24N4O3/c1-12(2)22-11-15(10-19-22)17(23)20-5-7-21(8-6-20)18(24)16-9-13(3)25-14(16)4/h9-12H,5-8H2,1-4H3. The number of carbonyl (C=O) groups excluding carboxylic acids is 2. The van der Waals surface area contributed by atoms with Crippen LogP contribution in [0.1, 0.15) is 52.1 Å². The van der Waals surface area contributed by atoms with Gasteiger partial charge >= 0.3 is 0 Å². The van der Waals surface area contributed by atoms with E-state index in [1.54, 1.807) is 39.9 Å². The zero-order valence-electron chi connectivity index (χ0n) is 15.2. The molecular weight excluding hydrogens is 320 g/mol. The third-order valence-corrected chi connectivity index (χ3v) is 4.50. The third-order valence-electron chi connectivity index (χ3n) is 4.50. The quantitative estimate of drug-likeness (QED) is 0.856. The summed E-state index contributed by atoms with van der Waals surface area (Å²) >= 11 is 0. The summed E-state index contributed by atoms with van der Waals surface area (Å²) < 4.78 is 7.22. The van der Waals surface area contributed by atoms with Crippen LogP contribution >= 0.6 is 0 Å². The van der Waals surface area contributed by atoms with Crippen molar-refractivity contribution in [1.29, 1.82) is 0 Å². The van der Waals surface area contributed by atoms with Crippen molar-refractivity contribution in [3.8, 4) is 0 Å². The van der Waals surface area contributed by atoms with E-state index in [2.05, 4.69) is 5.10 Å². The van der Waals surface area contributed by atoms with Crippen LogP contribution in [0.2, 0.25) is 0 Å². The van der Waals surface area contributed by atoms with Crippen molar-refractivity contribution < 1.29 is 14.0 Å². The number of aryl methyl sites for hydroxylation is 2. The minimum absolute atomic E-state index is 0.0330. The summed E-state index contributed by atoms with van der Waals surface area (Å²) in [5.41, 5.74) is 1.20. The molecule has 0 saturated carbocycles. The van der Waals surface area contributed by atoms with Gasteiger partial charge in [0.2, 0.25) is 0 Å². The molecule has 134 valence electrons. The molecule has 1 aliphatic rings. The third kappa shape index (κ3) is 3.45. The van der Waals surface area contributed by atoms with Crippen LogP contribution in [-0.4, -0.2) is 57.6 Å². The number of piperazine rings is 1. The fourth-order valence-electron chi connectivity index (χ4n) is 3.04. The van der Waals surface area contributed by atoms with Crippen molar-refractivity contribution >= 4 is 11.8 Å². The van der Waals surface area contributed by atoms with Crippen LogP contribution in [0.3, 0.4) is 0 Å². The summed E-state index contributed by atoms with van der Waals surface area (Å²) in [5.74, 6) is 1.31.